The highest BCUT2D eigenvalue weighted by atomic mass is 19.4. The fraction of sp³-hybridized carbons (Fsp3) is 0.345. The van der Waals surface area contributed by atoms with E-state index in [-0.39, 0.29) is 26.2 Å². The number of alkyl halides is 6. The molecule has 0 saturated carbocycles. The first-order chi connectivity index (χ1) is 34.4. The lowest BCUT2D eigenvalue weighted by molar-refractivity contribution is -0.156. The maximum absolute atomic E-state index is 12.8. The van der Waals surface area contributed by atoms with Crippen molar-refractivity contribution in [3.63, 3.8) is 0 Å². The number of hydrogen-bond acceptors (Lipinski definition) is 4. The van der Waals surface area contributed by atoms with Gasteiger partial charge in [-0.3, -0.25) is 9.59 Å². The Hall–Kier alpha value is -7.32. The molecule has 0 aliphatic carbocycles. The van der Waals surface area contributed by atoms with E-state index in [0.29, 0.717) is 27.8 Å². The van der Waals surface area contributed by atoms with Crippen molar-refractivity contribution in [2.45, 2.75) is 129 Å². The number of carboxylic acids is 2. The molecule has 5 aromatic carbocycles. The van der Waals surface area contributed by atoms with Gasteiger partial charge in [0.2, 0.25) is 0 Å². The van der Waals surface area contributed by atoms with Crippen LogP contribution in [-0.4, -0.2) is 43.8 Å². The number of carbonyl (C=O) groups is 4. The fourth-order valence-corrected chi connectivity index (χ4v) is 7.40. The lowest BCUT2D eigenvalue weighted by Gasteiger charge is -2.21. The summed E-state index contributed by atoms with van der Waals surface area (Å²) in [6.45, 7) is 4.09. The van der Waals surface area contributed by atoms with Crippen LogP contribution in [0.2, 0.25) is 0 Å². The molecule has 0 atom stereocenters. The smallest absolute Gasteiger partial charge is 0.416 e. The van der Waals surface area contributed by atoms with Crippen LogP contribution < -0.4 is 0 Å². The average Bonchev–Trinajstić information content (AvgIpc) is 3.35. The highest BCUT2D eigenvalue weighted by Crippen LogP contribution is 2.30. The average molecular weight is 995 g/mol. The van der Waals surface area contributed by atoms with E-state index in [1.54, 1.807) is 30.3 Å². The van der Waals surface area contributed by atoms with Crippen molar-refractivity contribution in [3.8, 4) is 23.7 Å². The Morgan fingerprint density at radius 1 is 0.444 bits per heavy atom. The van der Waals surface area contributed by atoms with Gasteiger partial charge in [-0.1, -0.05) is 150 Å². The maximum Gasteiger partial charge on any atom is 0.416 e. The summed E-state index contributed by atoms with van der Waals surface area (Å²) in [5.41, 5.74) is 4.20. The molecule has 0 radical (unpaired) electrons. The summed E-state index contributed by atoms with van der Waals surface area (Å²) in [4.78, 5) is 49.3. The van der Waals surface area contributed by atoms with Crippen molar-refractivity contribution in [2.75, 3.05) is 0 Å². The Morgan fingerprint density at radius 3 is 1.29 bits per heavy atom. The normalized spacial score (nSPS) is 10.9. The maximum atomic E-state index is 12.8. The standard InChI is InChI=1S/C31H30F3NO3.C27H30F3NO3/c1-2-3-4-5-7-23-10-12-24(13-11-23)14-15-25-8-6-9-27(20-25)22-35(29(36)30(37)38)21-26-16-18-28(19-17-26)31(32,33)34;1-2-3-4-5-6-7-8-9-10-21-11-13-22(14-12-21)19-31(25(32)26(33)34)20-23-15-17-24(18-16-23)27(28,29)30/h6,8-13,16-20H,2-5,7,21-22H2,1H3,(H,37,38);11-18H,2-8,19-20H2,1H3,(H,33,34). The van der Waals surface area contributed by atoms with Crippen molar-refractivity contribution < 1.29 is 55.7 Å². The van der Waals surface area contributed by atoms with Gasteiger partial charge in [0.05, 0.1) is 11.1 Å². The molecule has 0 fully saturated rings. The molecule has 0 aliphatic rings. The quantitative estimate of drug-likeness (QED) is 0.0369. The summed E-state index contributed by atoms with van der Waals surface area (Å²) in [7, 11) is 0. The predicted molar refractivity (Wildman–Crippen MR) is 265 cm³/mol. The molecule has 5 aromatic rings. The second kappa shape index (κ2) is 29.1. The Morgan fingerprint density at radius 2 is 0.833 bits per heavy atom. The van der Waals surface area contributed by atoms with Crippen LogP contribution in [0.1, 0.15) is 140 Å². The van der Waals surface area contributed by atoms with Crippen molar-refractivity contribution in [1.29, 1.82) is 0 Å². The monoisotopic (exact) mass is 994 g/mol. The number of carbonyl (C=O) groups excluding carboxylic acids is 2. The van der Waals surface area contributed by atoms with Gasteiger partial charge in [0, 0.05) is 49.3 Å². The van der Waals surface area contributed by atoms with E-state index >= 15 is 0 Å². The second-order valence-corrected chi connectivity index (χ2v) is 17.3. The van der Waals surface area contributed by atoms with E-state index in [2.05, 4.69) is 49.7 Å². The van der Waals surface area contributed by atoms with Crippen LogP contribution in [0, 0.1) is 23.7 Å². The van der Waals surface area contributed by atoms with Gasteiger partial charge in [0.15, 0.2) is 0 Å². The molecule has 2 amide bonds. The van der Waals surface area contributed by atoms with Gasteiger partial charge in [-0.2, -0.15) is 26.3 Å². The molecular formula is C58H60F6N2O6. The Labute approximate surface area is 418 Å². The number of aryl methyl sites for hydroxylation is 1. The lowest BCUT2D eigenvalue weighted by atomic mass is 10.0. The van der Waals surface area contributed by atoms with Gasteiger partial charge in [-0.05, 0) is 108 Å². The Balaban J connectivity index is 0.000000315. The number of nitrogens with zero attached hydrogens (tertiary/aromatic N) is 2. The van der Waals surface area contributed by atoms with Gasteiger partial charge in [0.1, 0.15) is 0 Å². The lowest BCUT2D eigenvalue weighted by Crippen LogP contribution is -2.35. The topological polar surface area (TPSA) is 115 Å². The second-order valence-electron chi connectivity index (χ2n) is 17.3. The van der Waals surface area contributed by atoms with Crippen LogP contribution in [0.4, 0.5) is 26.3 Å². The van der Waals surface area contributed by atoms with Crippen molar-refractivity contribution >= 4 is 23.8 Å². The Bertz CT molecular complexity index is 2640. The number of unbranched alkanes of at least 4 members (excludes halogenated alkanes) is 9. The third-order valence-corrected chi connectivity index (χ3v) is 11.4. The number of halogens is 6. The zero-order valence-electron chi connectivity index (χ0n) is 40.6. The van der Waals surface area contributed by atoms with Gasteiger partial charge in [-0.25, -0.2) is 9.59 Å². The van der Waals surface area contributed by atoms with Gasteiger partial charge in [0.25, 0.3) is 0 Å². The Kier molecular flexibility index (Phi) is 23.2. The fourth-order valence-electron chi connectivity index (χ4n) is 7.40. The zero-order valence-corrected chi connectivity index (χ0v) is 40.6. The molecule has 2 N–H and O–H groups in total. The largest absolute Gasteiger partial charge is 0.474 e. The summed E-state index contributed by atoms with van der Waals surface area (Å²) < 4.78 is 76.8. The van der Waals surface area contributed by atoms with E-state index in [9.17, 15) is 50.6 Å². The molecule has 0 spiro atoms. The number of benzene rings is 5. The van der Waals surface area contributed by atoms with Crippen LogP contribution in [-0.2, 0) is 64.1 Å². The summed E-state index contributed by atoms with van der Waals surface area (Å²) >= 11 is 0. The van der Waals surface area contributed by atoms with Gasteiger partial charge in [-0.15, -0.1) is 0 Å². The summed E-state index contributed by atoms with van der Waals surface area (Å²) in [5, 5.41) is 18.4. The van der Waals surface area contributed by atoms with Crippen LogP contribution in [0.5, 0.6) is 0 Å². The first kappa shape index (κ1) is 57.3. The minimum absolute atomic E-state index is 0.0115. The first-order valence-corrected chi connectivity index (χ1v) is 24.0. The molecule has 380 valence electrons. The molecule has 0 aliphatic heterocycles. The third-order valence-electron chi connectivity index (χ3n) is 11.4. The van der Waals surface area contributed by atoms with E-state index in [1.165, 1.54) is 87.6 Å². The SMILES string of the molecule is CCCCCCCCC#Cc1ccc(CN(Cc2ccc(C(F)(F)F)cc2)C(=O)C(=O)O)cc1.CCCCCCc1ccc(C#Cc2cccc(CN(Cc3ccc(C(F)(F)F)cc3)C(=O)C(=O)O)c2)cc1. The van der Waals surface area contributed by atoms with E-state index in [0.717, 1.165) is 64.5 Å². The van der Waals surface area contributed by atoms with Gasteiger partial charge < -0.3 is 20.0 Å². The molecule has 14 heteroatoms. The number of aliphatic carboxylic acids is 2. The number of amides is 2. The van der Waals surface area contributed by atoms with E-state index < -0.39 is 47.2 Å². The minimum Gasteiger partial charge on any atom is -0.474 e. The predicted octanol–water partition coefficient (Wildman–Crippen LogP) is 13.3. The molecule has 0 heterocycles. The van der Waals surface area contributed by atoms with Crippen molar-refractivity contribution in [3.05, 3.63) is 177 Å². The highest BCUT2D eigenvalue weighted by molar-refractivity contribution is 6.31. The molecular weight excluding hydrogens is 935 g/mol. The van der Waals surface area contributed by atoms with Gasteiger partial charge >= 0.3 is 36.1 Å². The number of hydrogen-bond donors (Lipinski definition) is 2. The summed E-state index contributed by atoms with van der Waals surface area (Å²) in [5.74, 6) is 6.97. The number of rotatable bonds is 19. The van der Waals surface area contributed by atoms with Crippen LogP contribution in [0.15, 0.2) is 121 Å². The zero-order chi connectivity index (χ0) is 52.5. The van der Waals surface area contributed by atoms with Crippen molar-refractivity contribution in [2.24, 2.45) is 0 Å². The first-order valence-electron chi connectivity index (χ1n) is 24.0. The molecule has 0 saturated heterocycles. The molecule has 0 aromatic heterocycles. The molecule has 0 unspecified atom stereocenters. The van der Waals surface area contributed by atoms with E-state index in [4.69, 9.17) is 5.11 Å². The molecule has 0 bridgehead atoms. The molecule has 5 rings (SSSR count). The highest BCUT2D eigenvalue weighted by Gasteiger charge is 2.31. The van der Waals surface area contributed by atoms with E-state index in [1.807, 2.05) is 30.3 Å². The van der Waals surface area contributed by atoms with Crippen molar-refractivity contribution in [1.82, 2.24) is 9.80 Å². The third kappa shape index (κ3) is 20.6. The number of carboxylic acid groups (broad SMARTS) is 2. The van der Waals surface area contributed by atoms with Crippen LogP contribution >= 0.6 is 0 Å². The summed E-state index contributed by atoms with van der Waals surface area (Å²) in [6.07, 6.45) is 5.07. The van der Waals surface area contributed by atoms with Crippen LogP contribution in [0.25, 0.3) is 0 Å². The minimum atomic E-state index is -4.48. The van der Waals surface area contributed by atoms with Crippen LogP contribution in [0.3, 0.4) is 0 Å². The molecule has 8 nitrogen and oxygen atoms in total. The summed E-state index contributed by atoms with van der Waals surface area (Å²) in [6, 6.07) is 31.0. The molecule has 72 heavy (non-hydrogen) atoms.